The molecule has 1 unspecified atom stereocenters. The van der Waals surface area contributed by atoms with Crippen molar-refractivity contribution >= 4 is 5.97 Å². The summed E-state index contributed by atoms with van der Waals surface area (Å²) in [5.74, 6) is 0.514. The standard InChI is InChI=1S/C15H21NO2/c1-18-15(17)10-14(13-8-5-9-13)16-11-12-6-3-2-4-7-12/h2-4,6-7,13-14,16H,5,8-11H2,1H3. The van der Waals surface area contributed by atoms with Gasteiger partial charge in [0.05, 0.1) is 13.5 Å². The highest BCUT2D eigenvalue weighted by molar-refractivity contribution is 5.70. The molecule has 3 nitrogen and oxygen atoms in total. The molecule has 18 heavy (non-hydrogen) atoms. The lowest BCUT2D eigenvalue weighted by Crippen LogP contribution is -2.40. The zero-order valence-corrected chi connectivity index (χ0v) is 10.9. The van der Waals surface area contributed by atoms with Crippen molar-refractivity contribution in [1.82, 2.24) is 5.32 Å². The number of nitrogens with one attached hydrogen (secondary N) is 1. The fourth-order valence-corrected chi connectivity index (χ4v) is 2.36. The minimum Gasteiger partial charge on any atom is -0.469 e. The normalized spacial score (nSPS) is 16.9. The summed E-state index contributed by atoms with van der Waals surface area (Å²) in [4.78, 5) is 11.4. The van der Waals surface area contributed by atoms with Crippen LogP contribution in [0.5, 0.6) is 0 Å². The smallest absolute Gasteiger partial charge is 0.307 e. The molecule has 0 aromatic heterocycles. The Balaban J connectivity index is 1.86. The van der Waals surface area contributed by atoms with E-state index in [0.717, 1.165) is 6.54 Å². The Morgan fingerprint density at radius 3 is 2.67 bits per heavy atom. The predicted octanol–water partition coefficient (Wildman–Crippen LogP) is 2.51. The maximum atomic E-state index is 11.4. The fourth-order valence-electron chi connectivity index (χ4n) is 2.36. The predicted molar refractivity (Wildman–Crippen MR) is 71.0 cm³/mol. The first-order chi connectivity index (χ1) is 8.79. The lowest BCUT2D eigenvalue weighted by atomic mass is 9.78. The summed E-state index contributed by atoms with van der Waals surface area (Å²) >= 11 is 0. The van der Waals surface area contributed by atoms with Crippen molar-refractivity contribution in [3.63, 3.8) is 0 Å². The van der Waals surface area contributed by atoms with Crippen LogP contribution < -0.4 is 5.32 Å². The Morgan fingerprint density at radius 2 is 2.11 bits per heavy atom. The molecule has 0 aliphatic heterocycles. The van der Waals surface area contributed by atoms with Gasteiger partial charge in [0.25, 0.3) is 0 Å². The van der Waals surface area contributed by atoms with Gasteiger partial charge in [0.15, 0.2) is 0 Å². The molecule has 1 fully saturated rings. The zero-order chi connectivity index (χ0) is 12.8. The highest BCUT2D eigenvalue weighted by Gasteiger charge is 2.28. The van der Waals surface area contributed by atoms with Crippen LogP contribution in [0.3, 0.4) is 0 Å². The molecule has 0 amide bonds. The Morgan fingerprint density at radius 1 is 1.39 bits per heavy atom. The van der Waals surface area contributed by atoms with Crippen molar-refractivity contribution in [3.05, 3.63) is 35.9 Å². The number of rotatable bonds is 6. The zero-order valence-electron chi connectivity index (χ0n) is 10.9. The molecule has 1 aromatic rings. The van der Waals surface area contributed by atoms with Crippen molar-refractivity contribution in [2.24, 2.45) is 5.92 Å². The van der Waals surface area contributed by atoms with E-state index in [2.05, 4.69) is 17.4 Å². The first kappa shape index (κ1) is 13.1. The topological polar surface area (TPSA) is 38.3 Å². The number of hydrogen-bond acceptors (Lipinski definition) is 3. The van der Waals surface area contributed by atoms with Gasteiger partial charge in [-0.15, -0.1) is 0 Å². The van der Waals surface area contributed by atoms with E-state index in [1.807, 2.05) is 18.2 Å². The van der Waals surface area contributed by atoms with Crippen LogP contribution in [0.2, 0.25) is 0 Å². The van der Waals surface area contributed by atoms with Gasteiger partial charge in [0.1, 0.15) is 0 Å². The Labute approximate surface area is 109 Å². The molecule has 1 saturated carbocycles. The van der Waals surface area contributed by atoms with Gasteiger partial charge in [-0.25, -0.2) is 0 Å². The van der Waals surface area contributed by atoms with Crippen LogP contribution >= 0.6 is 0 Å². The third-order valence-electron chi connectivity index (χ3n) is 3.74. The van der Waals surface area contributed by atoms with E-state index in [-0.39, 0.29) is 12.0 Å². The monoisotopic (exact) mass is 247 g/mol. The summed E-state index contributed by atoms with van der Waals surface area (Å²) in [6.45, 7) is 0.818. The molecule has 1 aromatic carbocycles. The molecular weight excluding hydrogens is 226 g/mol. The van der Waals surface area contributed by atoms with Gasteiger partial charge in [-0.2, -0.15) is 0 Å². The van der Waals surface area contributed by atoms with Gasteiger partial charge in [-0.1, -0.05) is 36.8 Å². The molecule has 0 radical (unpaired) electrons. The summed E-state index contributed by atoms with van der Waals surface area (Å²) < 4.78 is 4.77. The summed E-state index contributed by atoms with van der Waals surface area (Å²) in [5, 5.41) is 3.50. The third kappa shape index (κ3) is 3.57. The van der Waals surface area contributed by atoms with Crippen LogP contribution in [0.15, 0.2) is 30.3 Å². The average molecular weight is 247 g/mol. The number of ether oxygens (including phenoxy) is 1. The lowest BCUT2D eigenvalue weighted by Gasteiger charge is -2.34. The van der Waals surface area contributed by atoms with Gasteiger partial charge in [0, 0.05) is 12.6 Å². The molecule has 0 heterocycles. The average Bonchev–Trinajstić information content (AvgIpc) is 2.35. The molecular formula is C15H21NO2. The van der Waals surface area contributed by atoms with E-state index in [9.17, 15) is 4.79 Å². The Bertz CT molecular complexity index is 373. The van der Waals surface area contributed by atoms with Crippen molar-refractivity contribution in [3.8, 4) is 0 Å². The van der Waals surface area contributed by atoms with Gasteiger partial charge < -0.3 is 10.1 Å². The highest BCUT2D eigenvalue weighted by atomic mass is 16.5. The molecule has 0 spiro atoms. The second-order valence-corrected chi connectivity index (χ2v) is 4.94. The third-order valence-corrected chi connectivity index (χ3v) is 3.74. The molecule has 0 saturated heterocycles. The second-order valence-electron chi connectivity index (χ2n) is 4.94. The molecule has 3 heteroatoms. The minimum absolute atomic E-state index is 0.118. The van der Waals surface area contributed by atoms with Gasteiger partial charge in [-0.05, 0) is 24.3 Å². The van der Waals surface area contributed by atoms with Gasteiger partial charge in [0.2, 0.25) is 0 Å². The van der Waals surface area contributed by atoms with E-state index in [0.29, 0.717) is 12.3 Å². The van der Waals surface area contributed by atoms with Crippen molar-refractivity contribution in [2.75, 3.05) is 7.11 Å². The molecule has 1 aliphatic rings. The first-order valence-corrected chi connectivity index (χ1v) is 6.63. The van der Waals surface area contributed by atoms with Gasteiger partial charge in [-0.3, -0.25) is 4.79 Å². The van der Waals surface area contributed by atoms with E-state index in [1.165, 1.54) is 31.9 Å². The van der Waals surface area contributed by atoms with Crippen LogP contribution in [-0.4, -0.2) is 19.1 Å². The van der Waals surface area contributed by atoms with E-state index in [1.54, 1.807) is 0 Å². The minimum atomic E-state index is -0.118. The molecule has 1 aliphatic carbocycles. The molecule has 98 valence electrons. The number of carbonyl (C=O) groups excluding carboxylic acids is 1. The lowest BCUT2D eigenvalue weighted by molar-refractivity contribution is -0.141. The van der Waals surface area contributed by atoms with E-state index in [4.69, 9.17) is 4.74 Å². The number of hydrogen-bond donors (Lipinski definition) is 1. The largest absolute Gasteiger partial charge is 0.469 e. The van der Waals surface area contributed by atoms with Crippen LogP contribution in [0.1, 0.15) is 31.2 Å². The molecule has 1 atom stereocenters. The number of methoxy groups -OCH3 is 1. The van der Waals surface area contributed by atoms with Crippen molar-refractivity contribution in [1.29, 1.82) is 0 Å². The number of esters is 1. The van der Waals surface area contributed by atoms with E-state index >= 15 is 0 Å². The quantitative estimate of drug-likeness (QED) is 0.785. The summed E-state index contributed by atoms with van der Waals surface area (Å²) in [7, 11) is 1.46. The van der Waals surface area contributed by atoms with Crippen molar-refractivity contribution in [2.45, 2.75) is 38.3 Å². The van der Waals surface area contributed by atoms with Crippen LogP contribution in [0.4, 0.5) is 0 Å². The maximum absolute atomic E-state index is 11.4. The second kappa shape index (κ2) is 6.55. The summed E-state index contributed by atoms with van der Waals surface area (Å²) in [6.07, 6.45) is 4.22. The number of benzene rings is 1. The summed E-state index contributed by atoms with van der Waals surface area (Å²) in [6, 6.07) is 10.5. The van der Waals surface area contributed by atoms with Crippen LogP contribution in [0.25, 0.3) is 0 Å². The maximum Gasteiger partial charge on any atom is 0.307 e. The molecule has 1 N–H and O–H groups in total. The highest BCUT2D eigenvalue weighted by Crippen LogP contribution is 2.31. The Hall–Kier alpha value is -1.35. The van der Waals surface area contributed by atoms with Gasteiger partial charge >= 0.3 is 5.97 Å². The van der Waals surface area contributed by atoms with Crippen LogP contribution in [0, 0.1) is 5.92 Å². The number of carbonyl (C=O) groups is 1. The first-order valence-electron chi connectivity index (χ1n) is 6.63. The molecule has 0 bridgehead atoms. The van der Waals surface area contributed by atoms with E-state index < -0.39 is 0 Å². The fraction of sp³-hybridized carbons (Fsp3) is 0.533. The van der Waals surface area contributed by atoms with Crippen LogP contribution in [-0.2, 0) is 16.1 Å². The Kier molecular flexibility index (Phi) is 4.76. The van der Waals surface area contributed by atoms with Crippen molar-refractivity contribution < 1.29 is 9.53 Å². The SMILES string of the molecule is COC(=O)CC(NCc1ccccc1)C1CCC1. The summed E-state index contributed by atoms with van der Waals surface area (Å²) in [5.41, 5.74) is 1.26. The molecule has 2 rings (SSSR count).